The summed E-state index contributed by atoms with van der Waals surface area (Å²) >= 11 is 0. The number of alkyl carbamates (subject to hydrolysis) is 1. The van der Waals surface area contributed by atoms with Crippen molar-refractivity contribution >= 4 is 18.0 Å². The van der Waals surface area contributed by atoms with Gasteiger partial charge in [0.1, 0.15) is 19.9 Å². The zero-order chi connectivity index (χ0) is 22.2. The highest BCUT2D eigenvalue weighted by atomic mass is 16.5. The summed E-state index contributed by atoms with van der Waals surface area (Å²) in [6.45, 7) is 1.63. The molecule has 164 valence electrons. The molecule has 0 spiro atoms. The molecular formula is C23H26N2O6. The molecule has 0 bridgehead atoms. The van der Waals surface area contributed by atoms with Crippen molar-refractivity contribution in [3.8, 4) is 11.1 Å². The molecule has 0 heterocycles. The van der Waals surface area contributed by atoms with Gasteiger partial charge in [-0.3, -0.25) is 9.59 Å². The number of fused-ring (bicyclic) bond motifs is 3. The van der Waals surface area contributed by atoms with Gasteiger partial charge < -0.3 is 24.8 Å². The van der Waals surface area contributed by atoms with Crippen LogP contribution in [-0.2, 0) is 23.8 Å². The van der Waals surface area contributed by atoms with Crippen LogP contribution in [0.1, 0.15) is 24.0 Å². The van der Waals surface area contributed by atoms with Gasteiger partial charge in [0.05, 0.1) is 19.6 Å². The molecule has 3 rings (SSSR count). The Hall–Kier alpha value is -3.39. The molecule has 0 aliphatic heterocycles. The van der Waals surface area contributed by atoms with E-state index in [1.54, 1.807) is 6.92 Å². The van der Waals surface area contributed by atoms with Crippen LogP contribution >= 0.6 is 0 Å². The summed E-state index contributed by atoms with van der Waals surface area (Å²) < 4.78 is 15.2. The van der Waals surface area contributed by atoms with Gasteiger partial charge in [-0.05, 0) is 29.2 Å². The summed E-state index contributed by atoms with van der Waals surface area (Å²) in [5.74, 6) is -1.29. The topological polar surface area (TPSA) is 103 Å². The zero-order valence-corrected chi connectivity index (χ0v) is 17.6. The number of nitrogens with one attached hydrogen (secondary N) is 2. The first-order valence-corrected chi connectivity index (χ1v) is 10.0. The second kappa shape index (κ2) is 10.6. The molecule has 0 radical (unpaired) electrons. The lowest BCUT2D eigenvalue weighted by atomic mass is 9.98. The molecule has 0 fully saturated rings. The maximum atomic E-state index is 12.1. The largest absolute Gasteiger partial charge is 0.469 e. The van der Waals surface area contributed by atoms with Crippen molar-refractivity contribution in [3.63, 3.8) is 0 Å². The second-order valence-corrected chi connectivity index (χ2v) is 7.22. The number of carbonyl (C=O) groups excluding carboxylic acids is 3. The second-order valence-electron chi connectivity index (χ2n) is 7.22. The summed E-state index contributed by atoms with van der Waals surface area (Å²) in [5.41, 5.74) is 4.53. The van der Waals surface area contributed by atoms with Gasteiger partial charge in [-0.1, -0.05) is 48.5 Å². The number of esters is 1. The molecule has 2 amide bonds. The lowest BCUT2D eigenvalue weighted by Gasteiger charge is -2.14. The quantitative estimate of drug-likeness (QED) is 0.363. The number of benzene rings is 2. The molecule has 1 aliphatic carbocycles. The minimum Gasteiger partial charge on any atom is -0.469 e. The average Bonchev–Trinajstić information content (AvgIpc) is 3.12. The van der Waals surface area contributed by atoms with E-state index < -0.39 is 17.9 Å². The van der Waals surface area contributed by atoms with Crippen LogP contribution in [0.5, 0.6) is 0 Å². The Balaban J connectivity index is 1.40. The number of methoxy groups -OCH3 is 1. The summed E-state index contributed by atoms with van der Waals surface area (Å²) in [6, 6.07) is 16.1. The van der Waals surface area contributed by atoms with E-state index in [9.17, 15) is 14.4 Å². The van der Waals surface area contributed by atoms with E-state index in [1.807, 2.05) is 36.4 Å². The number of ether oxygens (including phenoxy) is 3. The first-order chi connectivity index (χ1) is 15.0. The third kappa shape index (κ3) is 5.61. The van der Waals surface area contributed by atoms with Gasteiger partial charge in [-0.2, -0.15) is 0 Å². The van der Waals surface area contributed by atoms with Crippen molar-refractivity contribution in [3.05, 3.63) is 59.7 Å². The van der Waals surface area contributed by atoms with E-state index in [2.05, 4.69) is 27.5 Å². The lowest BCUT2D eigenvalue weighted by molar-refractivity contribution is -0.146. The summed E-state index contributed by atoms with van der Waals surface area (Å²) in [4.78, 5) is 35.1. The maximum absolute atomic E-state index is 12.1. The average molecular weight is 426 g/mol. The van der Waals surface area contributed by atoms with Crippen molar-refractivity contribution in [2.75, 3.05) is 33.6 Å². The molecule has 8 nitrogen and oxygen atoms in total. The fraction of sp³-hybridized carbons (Fsp3) is 0.348. The van der Waals surface area contributed by atoms with Crippen LogP contribution in [0.15, 0.2) is 48.5 Å². The fourth-order valence-electron chi connectivity index (χ4n) is 3.50. The first-order valence-electron chi connectivity index (χ1n) is 10.0. The van der Waals surface area contributed by atoms with Gasteiger partial charge in [0.15, 0.2) is 0 Å². The van der Waals surface area contributed by atoms with Crippen LogP contribution in [0, 0.1) is 5.92 Å². The Labute approximate surface area is 180 Å². The monoisotopic (exact) mass is 426 g/mol. The minimum absolute atomic E-state index is 0.0443. The van der Waals surface area contributed by atoms with E-state index in [0.717, 1.165) is 22.3 Å². The van der Waals surface area contributed by atoms with E-state index in [1.165, 1.54) is 7.11 Å². The Kier molecular flexibility index (Phi) is 7.61. The molecule has 0 unspecified atom stereocenters. The molecule has 0 aromatic heterocycles. The van der Waals surface area contributed by atoms with E-state index in [0.29, 0.717) is 0 Å². The number of hydrogen-bond donors (Lipinski definition) is 2. The van der Waals surface area contributed by atoms with Gasteiger partial charge in [0, 0.05) is 5.92 Å². The van der Waals surface area contributed by atoms with Crippen LogP contribution in [0.4, 0.5) is 4.79 Å². The Morgan fingerprint density at radius 1 is 0.968 bits per heavy atom. The Morgan fingerprint density at radius 2 is 1.58 bits per heavy atom. The molecule has 2 aromatic rings. The third-order valence-corrected chi connectivity index (χ3v) is 5.08. The van der Waals surface area contributed by atoms with E-state index in [4.69, 9.17) is 9.47 Å². The lowest BCUT2D eigenvalue weighted by Crippen LogP contribution is -2.38. The molecule has 31 heavy (non-hydrogen) atoms. The van der Waals surface area contributed by atoms with Crippen molar-refractivity contribution in [2.24, 2.45) is 5.92 Å². The number of amides is 2. The fourth-order valence-corrected chi connectivity index (χ4v) is 3.50. The molecular weight excluding hydrogens is 400 g/mol. The molecule has 0 saturated heterocycles. The van der Waals surface area contributed by atoms with Gasteiger partial charge in [0.2, 0.25) is 5.91 Å². The van der Waals surface area contributed by atoms with Gasteiger partial charge in [0.25, 0.3) is 0 Å². The van der Waals surface area contributed by atoms with E-state index in [-0.39, 0.29) is 38.4 Å². The van der Waals surface area contributed by atoms with Crippen LogP contribution in [0.2, 0.25) is 0 Å². The summed E-state index contributed by atoms with van der Waals surface area (Å²) in [5, 5.41) is 4.92. The molecule has 2 aromatic carbocycles. The predicted molar refractivity (Wildman–Crippen MR) is 113 cm³/mol. The van der Waals surface area contributed by atoms with Crippen molar-refractivity contribution in [1.29, 1.82) is 0 Å². The van der Waals surface area contributed by atoms with Gasteiger partial charge in [-0.25, -0.2) is 4.79 Å². The normalized spacial score (nSPS) is 13.0. The zero-order valence-electron chi connectivity index (χ0n) is 17.6. The third-order valence-electron chi connectivity index (χ3n) is 5.08. The van der Waals surface area contributed by atoms with Gasteiger partial charge in [-0.15, -0.1) is 0 Å². The minimum atomic E-state index is -0.669. The van der Waals surface area contributed by atoms with Crippen LogP contribution in [0.3, 0.4) is 0 Å². The van der Waals surface area contributed by atoms with Crippen LogP contribution < -0.4 is 10.6 Å². The highest BCUT2D eigenvalue weighted by Crippen LogP contribution is 2.44. The molecule has 2 N–H and O–H groups in total. The first kappa shape index (κ1) is 22.3. The smallest absolute Gasteiger partial charge is 0.407 e. The number of carbonyl (C=O) groups is 3. The maximum Gasteiger partial charge on any atom is 0.407 e. The molecule has 0 saturated carbocycles. The highest BCUT2D eigenvalue weighted by Gasteiger charge is 2.29. The predicted octanol–water partition coefficient (Wildman–Crippen LogP) is 2.42. The van der Waals surface area contributed by atoms with Crippen molar-refractivity contribution in [1.82, 2.24) is 10.6 Å². The Bertz CT molecular complexity index is 900. The molecule has 8 heteroatoms. The Morgan fingerprint density at radius 3 is 2.19 bits per heavy atom. The number of hydrogen-bond acceptors (Lipinski definition) is 6. The van der Waals surface area contributed by atoms with Gasteiger partial charge >= 0.3 is 12.1 Å². The summed E-state index contributed by atoms with van der Waals surface area (Å²) in [7, 11) is 1.30. The standard InChI is InChI=1S/C23H26N2O6/c1-15(22(27)29-2)12-30-14-25-21(26)11-24-23(28)31-13-20-18-9-5-3-7-16(18)17-8-4-6-10-19(17)20/h3-10,15,20H,11-14H2,1-2H3,(H,24,28)(H,25,26)/t15-/m0/s1. The van der Waals surface area contributed by atoms with E-state index >= 15 is 0 Å². The summed E-state index contributed by atoms with van der Waals surface area (Å²) in [6.07, 6.45) is -0.669. The molecule has 1 atom stereocenters. The molecule has 1 aliphatic rings. The number of rotatable bonds is 9. The highest BCUT2D eigenvalue weighted by molar-refractivity contribution is 5.82. The van der Waals surface area contributed by atoms with Crippen molar-refractivity contribution in [2.45, 2.75) is 12.8 Å². The van der Waals surface area contributed by atoms with Crippen molar-refractivity contribution < 1.29 is 28.6 Å². The van der Waals surface area contributed by atoms with Crippen LogP contribution in [0.25, 0.3) is 11.1 Å². The van der Waals surface area contributed by atoms with Crippen LogP contribution in [-0.4, -0.2) is 51.6 Å². The SMILES string of the molecule is COC(=O)[C@@H](C)COCNC(=O)CNC(=O)OCC1c2ccccc2-c2ccccc21.